The van der Waals surface area contributed by atoms with Crippen LogP contribution in [-0.2, 0) is 11.3 Å². The van der Waals surface area contributed by atoms with E-state index in [1.807, 2.05) is 4.68 Å². The molecule has 30 heavy (non-hydrogen) atoms. The van der Waals surface area contributed by atoms with E-state index < -0.39 is 5.97 Å². The van der Waals surface area contributed by atoms with Crippen molar-refractivity contribution in [3.8, 4) is 11.8 Å². The van der Waals surface area contributed by atoms with Gasteiger partial charge >= 0.3 is 5.97 Å². The minimum absolute atomic E-state index is 0.296. The number of hydrogen-bond acceptors (Lipinski definition) is 7. The minimum Gasteiger partial charge on any atom is -0.479 e. The van der Waals surface area contributed by atoms with E-state index in [0.29, 0.717) is 40.0 Å². The van der Waals surface area contributed by atoms with Crippen LogP contribution in [0.15, 0.2) is 17.0 Å². The second-order valence-electron chi connectivity index (χ2n) is 7.45. The Labute approximate surface area is 182 Å². The third-order valence-electron chi connectivity index (χ3n) is 5.40. The molecule has 0 aliphatic heterocycles. The summed E-state index contributed by atoms with van der Waals surface area (Å²) in [5.74, 6) is 0.874. The fourth-order valence-corrected chi connectivity index (χ4v) is 4.39. The molecule has 1 fully saturated rings. The largest absolute Gasteiger partial charge is 0.479 e. The molecule has 10 heteroatoms. The van der Waals surface area contributed by atoms with Crippen molar-refractivity contribution in [3.05, 3.63) is 22.6 Å². The number of hydrogen-bond donors (Lipinski definition) is 0. The summed E-state index contributed by atoms with van der Waals surface area (Å²) in [5, 5.41) is 8.87. The normalized spacial score (nSPS) is 15.3. The van der Waals surface area contributed by atoms with Gasteiger partial charge in [0.2, 0.25) is 5.88 Å². The fourth-order valence-electron chi connectivity index (χ4n) is 3.92. The number of esters is 1. The Morgan fingerprint density at radius 2 is 2.00 bits per heavy atom. The van der Waals surface area contributed by atoms with Crippen LogP contribution >= 0.6 is 15.9 Å². The standard InChI is InChI=1S/C20H25BrN6O3/c1-3-30-19(28)14-10-22-27(12-14)20-23-15-16(18(24-20)29-2)26(25-17(15)21)11-13-8-6-4-5-7-9-13/h10,12-13H,3-9,11H2,1-2H3. The van der Waals surface area contributed by atoms with Crippen LogP contribution in [0.5, 0.6) is 5.88 Å². The quantitative estimate of drug-likeness (QED) is 0.392. The van der Waals surface area contributed by atoms with E-state index in [2.05, 4.69) is 36.1 Å². The molecule has 0 aromatic carbocycles. The Morgan fingerprint density at radius 3 is 2.70 bits per heavy atom. The van der Waals surface area contributed by atoms with Gasteiger partial charge in [-0.2, -0.15) is 15.2 Å². The molecule has 0 radical (unpaired) electrons. The van der Waals surface area contributed by atoms with Crippen molar-refractivity contribution in [2.45, 2.75) is 52.0 Å². The van der Waals surface area contributed by atoms with Crippen LogP contribution in [0, 0.1) is 5.92 Å². The van der Waals surface area contributed by atoms with Crippen LogP contribution in [0.1, 0.15) is 55.8 Å². The summed E-state index contributed by atoms with van der Waals surface area (Å²) in [6.07, 6.45) is 10.6. The smallest absolute Gasteiger partial charge is 0.341 e. The molecule has 0 bridgehead atoms. The van der Waals surface area contributed by atoms with Crippen molar-refractivity contribution in [2.75, 3.05) is 13.7 Å². The summed E-state index contributed by atoms with van der Waals surface area (Å²) < 4.78 is 14.6. The number of ether oxygens (including phenoxy) is 2. The van der Waals surface area contributed by atoms with Crippen LogP contribution < -0.4 is 4.74 Å². The van der Waals surface area contributed by atoms with Crippen molar-refractivity contribution < 1.29 is 14.3 Å². The highest BCUT2D eigenvalue weighted by molar-refractivity contribution is 9.10. The molecule has 3 aromatic rings. The van der Waals surface area contributed by atoms with Crippen LogP contribution in [0.4, 0.5) is 0 Å². The van der Waals surface area contributed by atoms with Gasteiger partial charge in [-0.3, -0.25) is 4.68 Å². The number of carbonyl (C=O) groups excluding carboxylic acids is 1. The molecule has 0 amide bonds. The molecule has 1 aliphatic carbocycles. The van der Waals surface area contributed by atoms with E-state index in [9.17, 15) is 4.79 Å². The predicted molar refractivity (Wildman–Crippen MR) is 114 cm³/mol. The van der Waals surface area contributed by atoms with Crippen LogP contribution in [0.2, 0.25) is 0 Å². The lowest BCUT2D eigenvalue weighted by atomic mass is 10.0. The van der Waals surface area contributed by atoms with E-state index in [4.69, 9.17) is 9.47 Å². The number of methoxy groups -OCH3 is 1. The Bertz CT molecular complexity index is 1040. The molecule has 3 aromatic heterocycles. The van der Waals surface area contributed by atoms with Gasteiger partial charge < -0.3 is 9.47 Å². The zero-order valence-corrected chi connectivity index (χ0v) is 18.8. The molecule has 0 saturated heterocycles. The van der Waals surface area contributed by atoms with Gasteiger partial charge in [0, 0.05) is 12.7 Å². The number of carbonyl (C=O) groups is 1. The molecule has 0 atom stereocenters. The second kappa shape index (κ2) is 9.11. The lowest BCUT2D eigenvalue weighted by Gasteiger charge is -2.15. The Kier molecular flexibility index (Phi) is 6.31. The van der Waals surface area contributed by atoms with Crippen molar-refractivity contribution in [1.82, 2.24) is 29.5 Å². The molecule has 0 spiro atoms. The molecule has 4 rings (SSSR count). The van der Waals surface area contributed by atoms with Crippen LogP contribution in [0.3, 0.4) is 0 Å². The molecular formula is C20H25BrN6O3. The molecule has 1 aliphatic rings. The molecule has 0 unspecified atom stereocenters. The first-order chi connectivity index (χ1) is 14.6. The van der Waals surface area contributed by atoms with Gasteiger partial charge in [0.15, 0.2) is 10.1 Å². The average molecular weight is 477 g/mol. The first-order valence-corrected chi connectivity index (χ1v) is 11.1. The summed E-state index contributed by atoms with van der Waals surface area (Å²) in [7, 11) is 1.58. The molecule has 1 saturated carbocycles. The second-order valence-corrected chi connectivity index (χ2v) is 8.21. The van der Waals surface area contributed by atoms with Crippen molar-refractivity contribution in [2.24, 2.45) is 5.92 Å². The maximum absolute atomic E-state index is 11.9. The van der Waals surface area contributed by atoms with Crippen LogP contribution in [-0.4, -0.2) is 49.2 Å². The first kappa shape index (κ1) is 20.8. The van der Waals surface area contributed by atoms with Crippen LogP contribution in [0.25, 0.3) is 17.0 Å². The Balaban J connectivity index is 1.69. The van der Waals surface area contributed by atoms with E-state index in [-0.39, 0.29) is 0 Å². The summed E-state index contributed by atoms with van der Waals surface area (Å²) in [6, 6.07) is 0. The van der Waals surface area contributed by atoms with E-state index in [1.54, 1.807) is 20.2 Å². The highest BCUT2D eigenvalue weighted by Crippen LogP contribution is 2.31. The maximum Gasteiger partial charge on any atom is 0.341 e. The zero-order valence-electron chi connectivity index (χ0n) is 17.2. The SMILES string of the molecule is CCOC(=O)c1cnn(-c2nc(OC)c3c(n2)c(Br)nn3CC2CCCCCC2)c1. The summed E-state index contributed by atoms with van der Waals surface area (Å²) in [6.45, 7) is 2.87. The van der Waals surface area contributed by atoms with Crippen molar-refractivity contribution in [1.29, 1.82) is 0 Å². The van der Waals surface area contributed by atoms with Gasteiger partial charge in [0.25, 0.3) is 5.95 Å². The highest BCUT2D eigenvalue weighted by Gasteiger charge is 2.22. The van der Waals surface area contributed by atoms with Gasteiger partial charge in [-0.05, 0) is 41.6 Å². The third-order valence-corrected chi connectivity index (χ3v) is 5.93. The Morgan fingerprint density at radius 1 is 1.23 bits per heavy atom. The molecule has 0 N–H and O–H groups in total. The lowest BCUT2D eigenvalue weighted by molar-refractivity contribution is 0.0526. The predicted octanol–water partition coefficient (Wildman–Crippen LogP) is 3.93. The molecular weight excluding hydrogens is 452 g/mol. The number of aromatic nitrogens is 6. The zero-order chi connectivity index (χ0) is 21.1. The van der Waals surface area contributed by atoms with Gasteiger partial charge in [-0.15, -0.1) is 0 Å². The van der Waals surface area contributed by atoms with Gasteiger partial charge in [0.1, 0.15) is 5.52 Å². The van der Waals surface area contributed by atoms with Gasteiger partial charge in [-0.1, -0.05) is 25.7 Å². The summed E-state index contributed by atoms with van der Waals surface area (Å²) >= 11 is 3.54. The average Bonchev–Trinajstić information content (AvgIpc) is 3.26. The number of rotatable bonds is 6. The first-order valence-electron chi connectivity index (χ1n) is 10.3. The molecule has 9 nitrogen and oxygen atoms in total. The van der Waals surface area contributed by atoms with E-state index >= 15 is 0 Å². The molecule has 160 valence electrons. The number of halogens is 1. The lowest BCUT2D eigenvalue weighted by Crippen LogP contribution is -2.12. The van der Waals surface area contributed by atoms with Gasteiger partial charge in [0.05, 0.1) is 25.5 Å². The van der Waals surface area contributed by atoms with E-state index in [1.165, 1.54) is 49.4 Å². The van der Waals surface area contributed by atoms with E-state index in [0.717, 1.165) is 12.1 Å². The number of fused-ring (bicyclic) bond motifs is 1. The molecule has 3 heterocycles. The summed E-state index contributed by atoms with van der Waals surface area (Å²) in [5.41, 5.74) is 1.75. The highest BCUT2D eigenvalue weighted by atomic mass is 79.9. The maximum atomic E-state index is 11.9. The Hall–Kier alpha value is -2.49. The third kappa shape index (κ3) is 4.19. The fraction of sp³-hybridized carbons (Fsp3) is 0.550. The topological polar surface area (TPSA) is 96.9 Å². The summed E-state index contributed by atoms with van der Waals surface area (Å²) in [4.78, 5) is 21.1. The van der Waals surface area contributed by atoms with Crippen molar-refractivity contribution in [3.63, 3.8) is 0 Å². The number of nitrogens with zero attached hydrogens (tertiary/aromatic N) is 6. The minimum atomic E-state index is -0.436. The monoisotopic (exact) mass is 476 g/mol. The van der Waals surface area contributed by atoms with Crippen molar-refractivity contribution >= 4 is 32.9 Å². The van der Waals surface area contributed by atoms with Gasteiger partial charge in [-0.25, -0.2) is 14.5 Å².